The van der Waals surface area contributed by atoms with Crippen LogP contribution in [0, 0.1) is 0 Å². The first-order chi connectivity index (χ1) is 10.4. The Balaban J connectivity index is 1.96. The molecule has 1 aromatic heterocycles. The standard InChI is InChI=1S/C16H15F3N2O/c1-22-12-5-10(4-11(6-12)16(17,18)19)15-3-2-9(8-21-15)13-7-14(13)20/h2-6,8,13-14H,7,20H2,1H3/t13-,14?/m1/s1. The van der Waals surface area contributed by atoms with Crippen molar-refractivity contribution in [2.24, 2.45) is 5.73 Å². The molecular weight excluding hydrogens is 293 g/mol. The lowest BCUT2D eigenvalue weighted by Crippen LogP contribution is -2.05. The van der Waals surface area contributed by atoms with Crippen LogP contribution in [-0.2, 0) is 6.18 Å². The van der Waals surface area contributed by atoms with E-state index >= 15 is 0 Å². The molecule has 2 atom stereocenters. The van der Waals surface area contributed by atoms with E-state index in [-0.39, 0.29) is 11.8 Å². The van der Waals surface area contributed by atoms with E-state index in [1.54, 1.807) is 18.3 Å². The lowest BCUT2D eigenvalue weighted by Gasteiger charge is -2.11. The molecule has 1 unspecified atom stereocenters. The number of halogens is 3. The summed E-state index contributed by atoms with van der Waals surface area (Å²) in [6.07, 6.45) is -1.82. The normalized spacial score (nSPS) is 20.8. The van der Waals surface area contributed by atoms with Crippen LogP contribution >= 0.6 is 0 Å². The van der Waals surface area contributed by atoms with Crippen molar-refractivity contribution in [2.75, 3.05) is 7.11 Å². The number of benzene rings is 1. The van der Waals surface area contributed by atoms with Gasteiger partial charge in [0.1, 0.15) is 5.75 Å². The fourth-order valence-electron chi connectivity index (χ4n) is 2.42. The summed E-state index contributed by atoms with van der Waals surface area (Å²) in [5.74, 6) is 0.470. The predicted octanol–water partition coefficient (Wildman–Crippen LogP) is 3.59. The first kappa shape index (κ1) is 14.8. The molecule has 1 aliphatic carbocycles. The van der Waals surface area contributed by atoms with E-state index in [4.69, 9.17) is 10.5 Å². The molecule has 0 amide bonds. The average molecular weight is 308 g/mol. The SMILES string of the molecule is COc1cc(-c2ccc([C@H]3CC3N)cn2)cc(C(F)(F)F)c1. The van der Waals surface area contributed by atoms with E-state index in [1.165, 1.54) is 7.11 Å². The Kier molecular flexibility index (Phi) is 3.56. The van der Waals surface area contributed by atoms with Crippen LogP contribution < -0.4 is 10.5 Å². The highest BCUT2D eigenvalue weighted by Gasteiger charge is 2.35. The van der Waals surface area contributed by atoms with Gasteiger partial charge in [-0.1, -0.05) is 6.07 Å². The number of hydrogen-bond donors (Lipinski definition) is 1. The minimum atomic E-state index is -4.43. The molecule has 116 valence electrons. The van der Waals surface area contributed by atoms with Crippen LogP contribution in [0.3, 0.4) is 0 Å². The molecule has 2 N–H and O–H groups in total. The third kappa shape index (κ3) is 2.92. The van der Waals surface area contributed by atoms with Crippen molar-refractivity contribution in [1.82, 2.24) is 4.98 Å². The van der Waals surface area contributed by atoms with E-state index in [0.717, 1.165) is 24.1 Å². The molecule has 3 rings (SSSR count). The van der Waals surface area contributed by atoms with Crippen LogP contribution in [-0.4, -0.2) is 18.1 Å². The molecule has 1 aromatic carbocycles. The first-order valence-electron chi connectivity index (χ1n) is 6.86. The van der Waals surface area contributed by atoms with Gasteiger partial charge in [-0.2, -0.15) is 13.2 Å². The summed E-state index contributed by atoms with van der Waals surface area (Å²) in [4.78, 5) is 4.26. The number of ether oxygens (including phenoxy) is 1. The highest BCUT2D eigenvalue weighted by atomic mass is 19.4. The molecule has 0 radical (unpaired) electrons. The average Bonchev–Trinajstić information content (AvgIpc) is 3.23. The number of methoxy groups -OCH3 is 1. The zero-order valence-corrected chi connectivity index (χ0v) is 11.9. The quantitative estimate of drug-likeness (QED) is 0.942. The maximum Gasteiger partial charge on any atom is 0.416 e. The Morgan fingerprint density at radius 2 is 1.95 bits per heavy atom. The van der Waals surface area contributed by atoms with Crippen molar-refractivity contribution in [3.63, 3.8) is 0 Å². The van der Waals surface area contributed by atoms with Gasteiger partial charge in [-0.3, -0.25) is 4.98 Å². The largest absolute Gasteiger partial charge is 0.497 e. The van der Waals surface area contributed by atoms with E-state index < -0.39 is 11.7 Å². The highest BCUT2D eigenvalue weighted by Crippen LogP contribution is 2.39. The molecule has 3 nitrogen and oxygen atoms in total. The van der Waals surface area contributed by atoms with Crippen LogP contribution in [0.1, 0.15) is 23.5 Å². The lowest BCUT2D eigenvalue weighted by molar-refractivity contribution is -0.137. The molecular formula is C16H15F3N2O. The Hall–Kier alpha value is -2.08. The van der Waals surface area contributed by atoms with Crippen molar-refractivity contribution in [1.29, 1.82) is 0 Å². The van der Waals surface area contributed by atoms with Crippen LogP contribution in [0.2, 0.25) is 0 Å². The van der Waals surface area contributed by atoms with Crippen LogP contribution in [0.25, 0.3) is 11.3 Å². The number of rotatable bonds is 3. The van der Waals surface area contributed by atoms with Crippen LogP contribution in [0.5, 0.6) is 5.75 Å². The second-order valence-electron chi connectivity index (χ2n) is 5.43. The molecule has 0 spiro atoms. The third-order valence-corrected chi connectivity index (χ3v) is 3.82. The lowest BCUT2D eigenvalue weighted by atomic mass is 10.0. The molecule has 22 heavy (non-hydrogen) atoms. The van der Waals surface area contributed by atoms with Crippen molar-refractivity contribution in [3.05, 3.63) is 47.7 Å². The number of aromatic nitrogens is 1. The molecule has 1 aliphatic rings. The topological polar surface area (TPSA) is 48.1 Å². The summed E-state index contributed by atoms with van der Waals surface area (Å²) in [5.41, 5.74) is 6.90. The van der Waals surface area contributed by atoms with Gasteiger partial charge in [0, 0.05) is 23.7 Å². The van der Waals surface area contributed by atoms with E-state index in [2.05, 4.69) is 4.98 Å². The minimum absolute atomic E-state index is 0.153. The number of alkyl halides is 3. The Morgan fingerprint density at radius 3 is 2.45 bits per heavy atom. The monoisotopic (exact) mass is 308 g/mol. The minimum Gasteiger partial charge on any atom is -0.497 e. The maximum absolute atomic E-state index is 12.9. The number of nitrogens with two attached hydrogens (primary N) is 1. The second-order valence-corrected chi connectivity index (χ2v) is 5.43. The molecule has 0 bridgehead atoms. The van der Waals surface area contributed by atoms with Gasteiger partial charge >= 0.3 is 6.18 Å². The van der Waals surface area contributed by atoms with Crippen molar-refractivity contribution >= 4 is 0 Å². The van der Waals surface area contributed by atoms with E-state index in [0.29, 0.717) is 17.2 Å². The van der Waals surface area contributed by atoms with Gasteiger partial charge in [-0.25, -0.2) is 0 Å². The van der Waals surface area contributed by atoms with Crippen molar-refractivity contribution in [3.8, 4) is 17.0 Å². The van der Waals surface area contributed by atoms with Crippen molar-refractivity contribution in [2.45, 2.75) is 24.6 Å². The molecule has 1 heterocycles. The highest BCUT2D eigenvalue weighted by molar-refractivity contribution is 5.63. The van der Waals surface area contributed by atoms with Crippen LogP contribution in [0.4, 0.5) is 13.2 Å². The molecule has 0 saturated heterocycles. The number of hydrogen-bond acceptors (Lipinski definition) is 3. The smallest absolute Gasteiger partial charge is 0.416 e. The summed E-state index contributed by atoms with van der Waals surface area (Å²) < 4.78 is 43.7. The second kappa shape index (κ2) is 5.28. The molecule has 6 heteroatoms. The molecule has 1 fully saturated rings. The summed E-state index contributed by atoms with van der Waals surface area (Å²) >= 11 is 0. The van der Waals surface area contributed by atoms with Gasteiger partial charge in [-0.15, -0.1) is 0 Å². The first-order valence-corrected chi connectivity index (χ1v) is 6.86. The van der Waals surface area contributed by atoms with Gasteiger partial charge < -0.3 is 10.5 Å². The third-order valence-electron chi connectivity index (χ3n) is 3.82. The van der Waals surface area contributed by atoms with E-state index in [9.17, 15) is 13.2 Å². The van der Waals surface area contributed by atoms with Gasteiger partial charge in [0.2, 0.25) is 0 Å². The zero-order valence-electron chi connectivity index (χ0n) is 11.9. The number of pyridine rings is 1. The van der Waals surface area contributed by atoms with Gasteiger partial charge in [0.15, 0.2) is 0 Å². The molecule has 0 aliphatic heterocycles. The van der Waals surface area contributed by atoms with Gasteiger partial charge in [0.05, 0.1) is 18.4 Å². The van der Waals surface area contributed by atoms with E-state index in [1.807, 2.05) is 6.07 Å². The maximum atomic E-state index is 12.9. The Bertz CT molecular complexity index is 683. The number of nitrogens with zero attached hydrogens (tertiary/aromatic N) is 1. The summed E-state index contributed by atoms with van der Waals surface area (Å²) in [6, 6.07) is 7.34. The predicted molar refractivity (Wildman–Crippen MR) is 76.6 cm³/mol. The summed E-state index contributed by atoms with van der Waals surface area (Å²) in [7, 11) is 1.34. The fourth-order valence-corrected chi connectivity index (χ4v) is 2.42. The Labute approximate surface area is 125 Å². The zero-order chi connectivity index (χ0) is 15.9. The molecule has 2 aromatic rings. The fraction of sp³-hybridized carbons (Fsp3) is 0.312. The Morgan fingerprint density at radius 1 is 1.23 bits per heavy atom. The van der Waals surface area contributed by atoms with Crippen LogP contribution in [0.15, 0.2) is 36.5 Å². The van der Waals surface area contributed by atoms with Gasteiger partial charge in [0.25, 0.3) is 0 Å². The van der Waals surface area contributed by atoms with Gasteiger partial charge in [-0.05, 0) is 36.2 Å². The van der Waals surface area contributed by atoms with Crippen molar-refractivity contribution < 1.29 is 17.9 Å². The molecule has 1 saturated carbocycles. The summed E-state index contributed by atoms with van der Waals surface area (Å²) in [5, 5.41) is 0. The summed E-state index contributed by atoms with van der Waals surface area (Å²) in [6.45, 7) is 0.